The lowest BCUT2D eigenvalue weighted by Gasteiger charge is -2.21. The summed E-state index contributed by atoms with van der Waals surface area (Å²) >= 11 is 0. The van der Waals surface area contributed by atoms with E-state index in [1.54, 1.807) is 0 Å². The lowest BCUT2D eigenvalue weighted by Crippen LogP contribution is -2.35. The second-order valence-corrected chi connectivity index (χ2v) is 4.91. The Balaban J connectivity index is 2.15. The van der Waals surface area contributed by atoms with E-state index in [2.05, 4.69) is 19.2 Å². The van der Waals surface area contributed by atoms with E-state index < -0.39 is 0 Å². The number of hydrogen-bond acceptors (Lipinski definition) is 2. The van der Waals surface area contributed by atoms with Crippen LogP contribution in [0.1, 0.15) is 58.8 Å². The molecule has 0 aromatic heterocycles. The van der Waals surface area contributed by atoms with Crippen LogP contribution in [-0.2, 0) is 0 Å². The Bertz CT molecular complexity index is 161. The number of rotatable bonds is 7. The Morgan fingerprint density at radius 1 is 1.33 bits per heavy atom. The lowest BCUT2D eigenvalue weighted by atomic mass is 10.0. The van der Waals surface area contributed by atoms with Crippen LogP contribution in [0.3, 0.4) is 0 Å². The molecular weight excluding hydrogens is 186 g/mol. The molecule has 0 aromatic carbocycles. The molecule has 0 radical (unpaired) electrons. The molecule has 0 amide bonds. The maximum Gasteiger partial charge on any atom is 0.0580 e. The smallest absolute Gasteiger partial charge is 0.0580 e. The molecule has 1 saturated carbocycles. The van der Waals surface area contributed by atoms with Gasteiger partial charge in [0.15, 0.2) is 0 Å². The molecule has 15 heavy (non-hydrogen) atoms. The molecule has 90 valence electrons. The van der Waals surface area contributed by atoms with Gasteiger partial charge in [-0.2, -0.15) is 0 Å². The van der Waals surface area contributed by atoms with Crippen LogP contribution in [0.15, 0.2) is 0 Å². The van der Waals surface area contributed by atoms with Crippen LogP contribution < -0.4 is 5.32 Å². The van der Waals surface area contributed by atoms with E-state index in [9.17, 15) is 5.11 Å². The summed E-state index contributed by atoms with van der Waals surface area (Å²) in [6, 6.07) is 0.665. The van der Waals surface area contributed by atoms with Crippen molar-refractivity contribution in [1.82, 2.24) is 5.32 Å². The zero-order valence-corrected chi connectivity index (χ0v) is 10.3. The first-order valence-corrected chi connectivity index (χ1v) is 6.69. The van der Waals surface area contributed by atoms with Crippen molar-refractivity contribution in [3.63, 3.8) is 0 Å². The van der Waals surface area contributed by atoms with Crippen molar-refractivity contribution in [2.75, 3.05) is 6.54 Å². The molecule has 0 heterocycles. The Morgan fingerprint density at radius 2 is 2.13 bits per heavy atom. The molecule has 0 saturated heterocycles. The summed E-state index contributed by atoms with van der Waals surface area (Å²) in [5.41, 5.74) is 0. The quantitative estimate of drug-likeness (QED) is 0.681. The first kappa shape index (κ1) is 13.0. The summed E-state index contributed by atoms with van der Waals surface area (Å²) < 4.78 is 0. The average Bonchev–Trinajstić information content (AvgIpc) is 2.65. The largest absolute Gasteiger partial charge is 0.393 e. The van der Waals surface area contributed by atoms with Crippen molar-refractivity contribution in [1.29, 1.82) is 0 Å². The highest BCUT2D eigenvalue weighted by Crippen LogP contribution is 2.24. The fourth-order valence-corrected chi connectivity index (χ4v) is 2.47. The van der Waals surface area contributed by atoms with Crippen molar-refractivity contribution >= 4 is 0 Å². The van der Waals surface area contributed by atoms with Crippen molar-refractivity contribution in [3.8, 4) is 0 Å². The van der Waals surface area contributed by atoms with E-state index in [-0.39, 0.29) is 6.10 Å². The van der Waals surface area contributed by atoms with Gasteiger partial charge in [-0.05, 0) is 31.6 Å². The summed E-state index contributed by atoms with van der Waals surface area (Å²) in [7, 11) is 0. The van der Waals surface area contributed by atoms with Gasteiger partial charge >= 0.3 is 0 Å². The maximum atomic E-state index is 9.71. The highest BCUT2D eigenvalue weighted by atomic mass is 16.3. The predicted molar refractivity (Wildman–Crippen MR) is 65.0 cm³/mol. The topological polar surface area (TPSA) is 32.3 Å². The van der Waals surface area contributed by atoms with Crippen LogP contribution in [0.25, 0.3) is 0 Å². The standard InChI is InChI=1S/C13H27NO/c1-3-5-8-12(4-2)14-10-11-7-6-9-13(11)15/h11-15H,3-10H2,1-2H3. The molecule has 3 atom stereocenters. The monoisotopic (exact) mass is 213 g/mol. The summed E-state index contributed by atoms with van der Waals surface area (Å²) in [4.78, 5) is 0. The van der Waals surface area contributed by atoms with E-state index in [0.717, 1.165) is 13.0 Å². The maximum absolute atomic E-state index is 9.71. The van der Waals surface area contributed by atoms with Gasteiger partial charge in [-0.1, -0.05) is 33.1 Å². The molecule has 1 fully saturated rings. The molecule has 0 aromatic rings. The Labute approximate surface area is 94.5 Å². The van der Waals surface area contributed by atoms with Gasteiger partial charge in [0, 0.05) is 12.6 Å². The highest BCUT2D eigenvalue weighted by molar-refractivity contribution is 4.79. The first-order chi connectivity index (χ1) is 7.27. The summed E-state index contributed by atoms with van der Waals surface area (Å²) in [6.45, 7) is 5.51. The molecule has 3 unspecified atom stereocenters. The van der Waals surface area contributed by atoms with Gasteiger partial charge in [0.2, 0.25) is 0 Å². The van der Waals surface area contributed by atoms with E-state index >= 15 is 0 Å². The molecular formula is C13H27NO. The van der Waals surface area contributed by atoms with Gasteiger partial charge in [0.25, 0.3) is 0 Å². The van der Waals surface area contributed by atoms with Crippen LogP contribution >= 0.6 is 0 Å². The van der Waals surface area contributed by atoms with Crippen LogP contribution in [0.2, 0.25) is 0 Å². The SMILES string of the molecule is CCCCC(CC)NCC1CCCC1O. The van der Waals surface area contributed by atoms with E-state index in [1.165, 1.54) is 38.5 Å². The number of aliphatic hydroxyl groups excluding tert-OH is 1. The molecule has 0 spiro atoms. The molecule has 1 rings (SSSR count). The van der Waals surface area contributed by atoms with Gasteiger partial charge in [-0.25, -0.2) is 0 Å². The molecule has 2 N–H and O–H groups in total. The van der Waals surface area contributed by atoms with Crippen LogP contribution in [0.4, 0.5) is 0 Å². The van der Waals surface area contributed by atoms with Crippen LogP contribution in [-0.4, -0.2) is 23.8 Å². The van der Waals surface area contributed by atoms with Gasteiger partial charge in [-0.15, -0.1) is 0 Å². The third-order valence-electron chi connectivity index (χ3n) is 3.69. The lowest BCUT2D eigenvalue weighted by molar-refractivity contribution is 0.129. The minimum atomic E-state index is -0.0406. The normalized spacial score (nSPS) is 28.2. The Hall–Kier alpha value is -0.0800. The van der Waals surface area contributed by atoms with E-state index in [4.69, 9.17) is 0 Å². The summed E-state index contributed by atoms with van der Waals surface area (Å²) in [5, 5.41) is 13.3. The summed E-state index contributed by atoms with van der Waals surface area (Å²) in [5.74, 6) is 0.515. The molecule has 2 heteroatoms. The van der Waals surface area contributed by atoms with Crippen LogP contribution in [0.5, 0.6) is 0 Å². The van der Waals surface area contributed by atoms with Crippen molar-refractivity contribution in [3.05, 3.63) is 0 Å². The second kappa shape index (κ2) is 7.24. The molecule has 1 aliphatic rings. The highest BCUT2D eigenvalue weighted by Gasteiger charge is 2.25. The number of aliphatic hydroxyl groups is 1. The molecule has 1 aliphatic carbocycles. The van der Waals surface area contributed by atoms with Crippen molar-refractivity contribution < 1.29 is 5.11 Å². The number of hydrogen-bond donors (Lipinski definition) is 2. The third kappa shape index (κ3) is 4.52. The predicted octanol–water partition coefficient (Wildman–Crippen LogP) is 2.71. The average molecular weight is 213 g/mol. The van der Waals surface area contributed by atoms with Crippen molar-refractivity contribution in [2.45, 2.75) is 70.9 Å². The Kier molecular flexibility index (Phi) is 6.26. The number of unbranched alkanes of at least 4 members (excludes halogenated alkanes) is 1. The Morgan fingerprint density at radius 3 is 2.67 bits per heavy atom. The van der Waals surface area contributed by atoms with Gasteiger partial charge in [0.1, 0.15) is 0 Å². The van der Waals surface area contributed by atoms with Crippen LogP contribution in [0, 0.1) is 5.92 Å². The van der Waals surface area contributed by atoms with E-state index in [1.807, 2.05) is 0 Å². The molecule has 2 nitrogen and oxygen atoms in total. The second-order valence-electron chi connectivity index (χ2n) is 4.91. The molecule has 0 bridgehead atoms. The van der Waals surface area contributed by atoms with Gasteiger partial charge < -0.3 is 10.4 Å². The zero-order valence-electron chi connectivity index (χ0n) is 10.3. The zero-order chi connectivity index (χ0) is 11.1. The fourth-order valence-electron chi connectivity index (χ4n) is 2.47. The molecule has 0 aliphatic heterocycles. The van der Waals surface area contributed by atoms with Gasteiger partial charge in [0.05, 0.1) is 6.10 Å². The van der Waals surface area contributed by atoms with E-state index in [0.29, 0.717) is 12.0 Å². The van der Waals surface area contributed by atoms with Gasteiger partial charge in [-0.3, -0.25) is 0 Å². The number of nitrogens with one attached hydrogen (secondary N) is 1. The third-order valence-corrected chi connectivity index (χ3v) is 3.69. The first-order valence-electron chi connectivity index (χ1n) is 6.69. The minimum absolute atomic E-state index is 0.0406. The summed E-state index contributed by atoms with van der Waals surface area (Å²) in [6.07, 6.45) is 8.48. The minimum Gasteiger partial charge on any atom is -0.393 e. The fraction of sp³-hybridized carbons (Fsp3) is 1.00. The van der Waals surface area contributed by atoms with Crippen molar-refractivity contribution in [2.24, 2.45) is 5.92 Å².